The summed E-state index contributed by atoms with van der Waals surface area (Å²) in [5.74, 6) is 0. The van der Waals surface area contributed by atoms with E-state index in [1.807, 2.05) is 13.8 Å². The lowest BCUT2D eigenvalue weighted by Crippen LogP contribution is -2.43. The summed E-state index contributed by atoms with van der Waals surface area (Å²) in [5, 5.41) is 7.56. The highest BCUT2D eigenvalue weighted by molar-refractivity contribution is 9.10. The third kappa shape index (κ3) is 3.17. The first-order chi connectivity index (χ1) is 9.00. The fraction of sp³-hybridized carbons (Fsp3) is 0.692. The molecule has 0 aromatic carbocycles. The fourth-order valence-corrected chi connectivity index (χ4v) is 2.85. The van der Waals surface area contributed by atoms with Crippen LogP contribution in [0.2, 0.25) is 0 Å². The van der Waals surface area contributed by atoms with Gasteiger partial charge in [-0.05, 0) is 42.6 Å². The summed E-state index contributed by atoms with van der Waals surface area (Å²) in [6.07, 6.45) is 6.15. The van der Waals surface area contributed by atoms with Crippen LogP contribution in [0.3, 0.4) is 0 Å². The molecule has 1 aliphatic carbocycles. The second-order valence-corrected chi connectivity index (χ2v) is 6.21. The first kappa shape index (κ1) is 14.5. The Morgan fingerprint density at radius 2 is 2.16 bits per heavy atom. The van der Waals surface area contributed by atoms with Crippen molar-refractivity contribution in [3.63, 3.8) is 0 Å². The first-order valence-electron chi connectivity index (χ1n) is 6.80. The predicted molar refractivity (Wildman–Crippen MR) is 80.4 cm³/mol. The van der Waals surface area contributed by atoms with Crippen LogP contribution in [-0.4, -0.2) is 21.9 Å². The van der Waals surface area contributed by atoms with Crippen molar-refractivity contribution in [2.75, 3.05) is 5.32 Å². The Balaban J connectivity index is 2.21. The lowest BCUT2D eigenvalue weighted by atomic mass is 9.91. The predicted octanol–water partition coefficient (Wildman–Crippen LogP) is 2.27. The standard InChI is InChI=1S/C13H21BrN4O/c1-8(2)18-13(19)12(14)11(7-16-18)17-10-6-4-3-5-9(10)15/h7-10,17H,3-6,15H2,1-2H3/t9-,10-/m1/s1. The number of rotatable bonds is 3. The van der Waals surface area contributed by atoms with Crippen molar-refractivity contribution in [1.29, 1.82) is 0 Å². The molecular formula is C13H21BrN4O. The molecule has 1 saturated carbocycles. The van der Waals surface area contributed by atoms with Gasteiger partial charge in [-0.3, -0.25) is 4.79 Å². The molecule has 0 spiro atoms. The van der Waals surface area contributed by atoms with E-state index in [9.17, 15) is 4.79 Å². The van der Waals surface area contributed by atoms with E-state index in [1.54, 1.807) is 6.20 Å². The molecule has 1 aromatic heterocycles. The van der Waals surface area contributed by atoms with E-state index in [1.165, 1.54) is 17.5 Å². The van der Waals surface area contributed by atoms with Crippen LogP contribution < -0.4 is 16.6 Å². The minimum Gasteiger partial charge on any atom is -0.378 e. The van der Waals surface area contributed by atoms with Gasteiger partial charge in [-0.25, -0.2) is 4.68 Å². The molecule has 1 fully saturated rings. The molecule has 2 rings (SSSR count). The van der Waals surface area contributed by atoms with Crippen LogP contribution in [-0.2, 0) is 0 Å². The summed E-state index contributed by atoms with van der Waals surface area (Å²) in [7, 11) is 0. The summed E-state index contributed by atoms with van der Waals surface area (Å²) in [4.78, 5) is 12.1. The third-order valence-corrected chi connectivity index (χ3v) is 4.36. The molecule has 1 aromatic rings. The van der Waals surface area contributed by atoms with Crippen molar-refractivity contribution in [2.45, 2.75) is 57.7 Å². The maximum Gasteiger partial charge on any atom is 0.283 e. The quantitative estimate of drug-likeness (QED) is 0.892. The van der Waals surface area contributed by atoms with Gasteiger partial charge in [0, 0.05) is 12.1 Å². The number of aromatic nitrogens is 2. The number of nitrogens with two attached hydrogens (primary N) is 1. The molecule has 1 heterocycles. The van der Waals surface area contributed by atoms with Crippen LogP contribution in [0, 0.1) is 0 Å². The molecule has 0 amide bonds. The highest BCUT2D eigenvalue weighted by Crippen LogP contribution is 2.24. The lowest BCUT2D eigenvalue weighted by molar-refractivity contribution is 0.403. The van der Waals surface area contributed by atoms with Crippen molar-refractivity contribution in [3.05, 3.63) is 21.0 Å². The molecule has 0 saturated heterocycles. The molecule has 5 nitrogen and oxygen atoms in total. The second kappa shape index (κ2) is 6.05. The van der Waals surface area contributed by atoms with Crippen molar-refractivity contribution >= 4 is 21.6 Å². The summed E-state index contributed by atoms with van der Waals surface area (Å²) < 4.78 is 2.00. The van der Waals surface area contributed by atoms with E-state index in [-0.39, 0.29) is 23.7 Å². The number of anilines is 1. The maximum absolute atomic E-state index is 12.1. The zero-order valence-corrected chi connectivity index (χ0v) is 13.0. The smallest absolute Gasteiger partial charge is 0.283 e. The number of hydrogen-bond acceptors (Lipinski definition) is 4. The van der Waals surface area contributed by atoms with Crippen LogP contribution >= 0.6 is 15.9 Å². The van der Waals surface area contributed by atoms with Gasteiger partial charge in [0.25, 0.3) is 5.56 Å². The average molecular weight is 329 g/mol. The lowest BCUT2D eigenvalue weighted by Gasteiger charge is -2.30. The monoisotopic (exact) mass is 328 g/mol. The second-order valence-electron chi connectivity index (χ2n) is 5.41. The van der Waals surface area contributed by atoms with Gasteiger partial charge in [0.05, 0.1) is 17.9 Å². The van der Waals surface area contributed by atoms with E-state index in [4.69, 9.17) is 5.73 Å². The summed E-state index contributed by atoms with van der Waals surface area (Å²) in [6.45, 7) is 3.87. The number of nitrogens with zero attached hydrogens (tertiary/aromatic N) is 2. The normalized spacial score (nSPS) is 23.6. The zero-order valence-electron chi connectivity index (χ0n) is 11.4. The number of hydrogen-bond donors (Lipinski definition) is 2. The van der Waals surface area contributed by atoms with Crippen molar-refractivity contribution < 1.29 is 0 Å². The highest BCUT2D eigenvalue weighted by Gasteiger charge is 2.23. The van der Waals surface area contributed by atoms with Gasteiger partial charge in [-0.15, -0.1) is 0 Å². The molecule has 2 atom stereocenters. The van der Waals surface area contributed by atoms with Crippen LogP contribution in [0.5, 0.6) is 0 Å². The minimum atomic E-state index is -0.107. The number of halogens is 1. The molecule has 6 heteroatoms. The van der Waals surface area contributed by atoms with Gasteiger partial charge in [-0.1, -0.05) is 12.8 Å². The van der Waals surface area contributed by atoms with Crippen LogP contribution in [0.4, 0.5) is 5.69 Å². The van der Waals surface area contributed by atoms with Gasteiger partial charge in [0.1, 0.15) is 4.47 Å². The molecule has 0 bridgehead atoms. The van der Waals surface area contributed by atoms with Gasteiger partial charge < -0.3 is 11.1 Å². The van der Waals surface area contributed by atoms with Crippen LogP contribution in [0.15, 0.2) is 15.5 Å². The Morgan fingerprint density at radius 3 is 2.79 bits per heavy atom. The van der Waals surface area contributed by atoms with E-state index in [2.05, 4.69) is 26.3 Å². The third-order valence-electron chi connectivity index (χ3n) is 3.59. The number of nitrogens with one attached hydrogen (secondary N) is 1. The molecule has 0 aliphatic heterocycles. The Kier molecular flexibility index (Phi) is 4.62. The summed E-state index contributed by atoms with van der Waals surface area (Å²) in [5.41, 5.74) is 6.74. The molecule has 106 valence electrons. The zero-order chi connectivity index (χ0) is 14.0. The van der Waals surface area contributed by atoms with Gasteiger partial charge >= 0.3 is 0 Å². The Labute approximate surface area is 121 Å². The van der Waals surface area contributed by atoms with Crippen molar-refractivity contribution in [1.82, 2.24) is 9.78 Å². The Hall–Kier alpha value is -0.880. The topological polar surface area (TPSA) is 72.9 Å². The molecule has 3 N–H and O–H groups in total. The molecule has 0 radical (unpaired) electrons. The molecule has 0 unspecified atom stereocenters. The Bertz CT molecular complexity index is 500. The first-order valence-corrected chi connectivity index (χ1v) is 7.59. The van der Waals surface area contributed by atoms with E-state index >= 15 is 0 Å². The molecule has 1 aliphatic rings. The van der Waals surface area contributed by atoms with Crippen molar-refractivity contribution in [2.24, 2.45) is 5.73 Å². The summed E-state index contributed by atoms with van der Waals surface area (Å²) in [6, 6.07) is 0.420. The highest BCUT2D eigenvalue weighted by atomic mass is 79.9. The van der Waals surface area contributed by atoms with E-state index in [0.717, 1.165) is 18.5 Å². The van der Waals surface area contributed by atoms with Crippen LogP contribution in [0.1, 0.15) is 45.6 Å². The maximum atomic E-state index is 12.1. The van der Waals surface area contributed by atoms with Crippen molar-refractivity contribution in [3.8, 4) is 0 Å². The van der Waals surface area contributed by atoms with E-state index in [0.29, 0.717) is 4.47 Å². The van der Waals surface area contributed by atoms with Gasteiger partial charge in [0.2, 0.25) is 0 Å². The minimum absolute atomic E-state index is 0.0507. The SMILES string of the molecule is CC(C)n1ncc(N[C@@H]2CCCC[C@H]2N)c(Br)c1=O. The summed E-state index contributed by atoms with van der Waals surface area (Å²) >= 11 is 3.37. The Morgan fingerprint density at radius 1 is 1.47 bits per heavy atom. The van der Waals surface area contributed by atoms with Gasteiger partial charge in [-0.2, -0.15) is 5.10 Å². The molecular weight excluding hydrogens is 308 g/mol. The van der Waals surface area contributed by atoms with Gasteiger partial charge in [0.15, 0.2) is 0 Å². The van der Waals surface area contributed by atoms with Crippen LogP contribution in [0.25, 0.3) is 0 Å². The van der Waals surface area contributed by atoms with E-state index < -0.39 is 0 Å². The fourth-order valence-electron chi connectivity index (χ4n) is 2.45. The molecule has 19 heavy (non-hydrogen) atoms. The largest absolute Gasteiger partial charge is 0.378 e. The average Bonchev–Trinajstić information content (AvgIpc) is 2.37.